The number of rotatable bonds is 5. The molecule has 5 aromatic rings. The highest BCUT2D eigenvalue weighted by molar-refractivity contribution is 7.99. The standard InChI is InChI=1S/C20H15N5O2S2/c1-12(29-20-24-21-11-25(20)13-6-3-2-4-7-13)17-22-18(26)16-14(10-28-19(16)23-17)15-8-5-9-27-15/h2-12H,1H3,(H,22,23,26). The average Bonchev–Trinajstić information content (AvgIpc) is 3.48. The van der Waals surface area contributed by atoms with E-state index in [9.17, 15) is 4.79 Å². The Balaban J connectivity index is 1.48. The lowest BCUT2D eigenvalue weighted by atomic mass is 10.2. The fraction of sp³-hybridized carbons (Fsp3) is 0.100. The van der Waals surface area contributed by atoms with Gasteiger partial charge in [-0.25, -0.2) is 4.98 Å². The van der Waals surface area contributed by atoms with E-state index in [2.05, 4.69) is 15.2 Å². The Morgan fingerprint density at radius 1 is 1.21 bits per heavy atom. The van der Waals surface area contributed by atoms with Crippen LogP contribution in [0.5, 0.6) is 0 Å². The summed E-state index contributed by atoms with van der Waals surface area (Å²) in [4.78, 5) is 21.1. The van der Waals surface area contributed by atoms with Gasteiger partial charge >= 0.3 is 0 Å². The van der Waals surface area contributed by atoms with Crippen LogP contribution in [0.15, 0.2) is 74.8 Å². The van der Waals surface area contributed by atoms with Crippen LogP contribution in [0, 0.1) is 0 Å². The van der Waals surface area contributed by atoms with Crippen molar-refractivity contribution in [1.82, 2.24) is 24.7 Å². The quantitative estimate of drug-likeness (QED) is 0.415. The lowest BCUT2D eigenvalue weighted by molar-refractivity contribution is 0.583. The average molecular weight is 422 g/mol. The summed E-state index contributed by atoms with van der Waals surface area (Å²) in [5, 5.41) is 11.3. The van der Waals surface area contributed by atoms with Crippen molar-refractivity contribution >= 4 is 33.3 Å². The highest BCUT2D eigenvalue weighted by Gasteiger charge is 2.19. The molecule has 0 saturated carbocycles. The lowest BCUT2D eigenvalue weighted by Crippen LogP contribution is -2.12. The Morgan fingerprint density at radius 2 is 2.07 bits per heavy atom. The molecule has 5 rings (SSSR count). The SMILES string of the molecule is CC(Sc1nncn1-c1ccccc1)c1nc2scc(-c3ccco3)c2c(=O)[nH]1. The Labute approximate surface area is 173 Å². The highest BCUT2D eigenvalue weighted by Crippen LogP contribution is 2.35. The van der Waals surface area contributed by atoms with Crippen LogP contribution < -0.4 is 5.56 Å². The number of H-pyrrole nitrogens is 1. The Bertz CT molecular complexity index is 1320. The summed E-state index contributed by atoms with van der Waals surface area (Å²) in [7, 11) is 0. The summed E-state index contributed by atoms with van der Waals surface area (Å²) < 4.78 is 7.36. The number of fused-ring (bicyclic) bond motifs is 1. The first kappa shape index (κ1) is 17.9. The maximum atomic E-state index is 12.8. The molecule has 7 nitrogen and oxygen atoms in total. The summed E-state index contributed by atoms with van der Waals surface area (Å²) in [5.74, 6) is 1.26. The van der Waals surface area contributed by atoms with Gasteiger partial charge in [0.1, 0.15) is 22.7 Å². The first-order valence-corrected chi connectivity index (χ1v) is 10.6. The number of benzene rings is 1. The second-order valence-electron chi connectivity index (χ2n) is 6.34. The van der Waals surface area contributed by atoms with Crippen LogP contribution in [-0.4, -0.2) is 24.7 Å². The fourth-order valence-electron chi connectivity index (χ4n) is 3.06. The van der Waals surface area contributed by atoms with Crippen LogP contribution in [0.4, 0.5) is 0 Å². The Morgan fingerprint density at radius 3 is 2.86 bits per heavy atom. The van der Waals surface area contributed by atoms with Gasteiger partial charge in [0.2, 0.25) is 0 Å². The summed E-state index contributed by atoms with van der Waals surface area (Å²) in [5.41, 5.74) is 1.57. The number of thioether (sulfide) groups is 1. The molecule has 0 fully saturated rings. The van der Waals surface area contributed by atoms with Gasteiger partial charge in [-0.15, -0.1) is 21.5 Å². The van der Waals surface area contributed by atoms with Crippen molar-refractivity contribution in [2.45, 2.75) is 17.3 Å². The predicted molar refractivity (Wildman–Crippen MR) is 114 cm³/mol. The first-order chi connectivity index (χ1) is 14.2. The van der Waals surface area contributed by atoms with Crippen molar-refractivity contribution in [3.8, 4) is 17.0 Å². The fourth-order valence-corrected chi connectivity index (χ4v) is 4.89. The van der Waals surface area contributed by atoms with Gasteiger partial charge in [0, 0.05) is 16.6 Å². The lowest BCUT2D eigenvalue weighted by Gasteiger charge is -2.11. The van der Waals surface area contributed by atoms with Gasteiger partial charge in [-0.3, -0.25) is 9.36 Å². The minimum atomic E-state index is -0.172. The molecule has 0 radical (unpaired) electrons. The zero-order valence-corrected chi connectivity index (χ0v) is 16.9. The molecule has 0 aliphatic carbocycles. The molecular weight excluding hydrogens is 406 g/mol. The van der Waals surface area contributed by atoms with Crippen molar-refractivity contribution in [2.24, 2.45) is 0 Å². The number of aromatic amines is 1. The van der Waals surface area contributed by atoms with E-state index in [0.717, 1.165) is 16.4 Å². The molecule has 4 heterocycles. The van der Waals surface area contributed by atoms with Gasteiger partial charge in [0.25, 0.3) is 5.56 Å². The first-order valence-electron chi connectivity index (χ1n) is 8.88. The molecule has 4 aromatic heterocycles. The normalized spacial score (nSPS) is 12.4. The molecule has 0 bridgehead atoms. The number of para-hydroxylation sites is 1. The third-order valence-corrected chi connectivity index (χ3v) is 6.41. The van der Waals surface area contributed by atoms with Crippen LogP contribution in [0.2, 0.25) is 0 Å². The van der Waals surface area contributed by atoms with E-state index < -0.39 is 0 Å². The largest absolute Gasteiger partial charge is 0.464 e. The molecule has 9 heteroatoms. The van der Waals surface area contributed by atoms with Gasteiger partial charge in [0.05, 0.1) is 16.9 Å². The number of furan rings is 1. The smallest absolute Gasteiger partial charge is 0.260 e. The van der Waals surface area contributed by atoms with Crippen LogP contribution in [-0.2, 0) is 0 Å². The summed E-state index contributed by atoms with van der Waals surface area (Å²) >= 11 is 2.92. The van der Waals surface area contributed by atoms with Gasteiger partial charge in [0.15, 0.2) is 5.16 Å². The molecule has 0 amide bonds. The van der Waals surface area contributed by atoms with E-state index in [1.54, 1.807) is 18.7 Å². The van der Waals surface area contributed by atoms with Crippen LogP contribution >= 0.6 is 23.1 Å². The Kier molecular flexibility index (Phi) is 4.53. The van der Waals surface area contributed by atoms with Gasteiger partial charge < -0.3 is 9.40 Å². The zero-order chi connectivity index (χ0) is 19.8. The maximum Gasteiger partial charge on any atom is 0.260 e. The number of aromatic nitrogens is 5. The Hall–Kier alpha value is -3.17. The molecule has 1 N–H and O–H groups in total. The topological polar surface area (TPSA) is 89.6 Å². The van der Waals surface area contributed by atoms with Crippen molar-refractivity contribution in [3.05, 3.63) is 76.6 Å². The number of nitrogens with zero attached hydrogens (tertiary/aromatic N) is 4. The second kappa shape index (κ2) is 7.34. The van der Waals surface area contributed by atoms with Crippen molar-refractivity contribution < 1.29 is 4.42 Å². The van der Waals surface area contributed by atoms with Crippen molar-refractivity contribution in [3.63, 3.8) is 0 Å². The third-order valence-electron chi connectivity index (χ3n) is 4.47. The van der Waals surface area contributed by atoms with Gasteiger partial charge in [-0.2, -0.15) is 0 Å². The van der Waals surface area contributed by atoms with Crippen molar-refractivity contribution in [2.75, 3.05) is 0 Å². The zero-order valence-electron chi connectivity index (χ0n) is 15.3. The van der Waals surface area contributed by atoms with Crippen LogP contribution in [0.25, 0.3) is 27.2 Å². The highest BCUT2D eigenvalue weighted by atomic mass is 32.2. The molecule has 144 valence electrons. The molecule has 1 unspecified atom stereocenters. The summed E-state index contributed by atoms with van der Waals surface area (Å²) in [6.07, 6.45) is 3.27. The van der Waals surface area contributed by atoms with E-state index >= 15 is 0 Å². The third kappa shape index (κ3) is 3.28. The molecule has 0 aliphatic rings. The summed E-state index contributed by atoms with van der Waals surface area (Å²) in [6.45, 7) is 1.99. The molecule has 1 atom stereocenters. The molecule has 0 spiro atoms. The van der Waals surface area contributed by atoms with E-state index in [0.29, 0.717) is 21.8 Å². The predicted octanol–water partition coefficient (Wildman–Crippen LogP) is 4.68. The summed E-state index contributed by atoms with van der Waals surface area (Å²) in [6, 6.07) is 13.5. The van der Waals surface area contributed by atoms with Crippen molar-refractivity contribution in [1.29, 1.82) is 0 Å². The molecular formula is C20H15N5O2S2. The molecule has 0 saturated heterocycles. The maximum absolute atomic E-state index is 12.8. The minimum absolute atomic E-state index is 0.118. The van der Waals surface area contributed by atoms with E-state index in [-0.39, 0.29) is 10.8 Å². The van der Waals surface area contributed by atoms with Gasteiger partial charge in [-0.05, 0) is 31.2 Å². The van der Waals surface area contributed by atoms with E-state index in [4.69, 9.17) is 9.40 Å². The number of nitrogens with one attached hydrogen (secondary N) is 1. The molecule has 0 aliphatic heterocycles. The molecule has 1 aromatic carbocycles. The number of hydrogen-bond donors (Lipinski definition) is 1. The number of thiophene rings is 1. The van der Waals surface area contributed by atoms with Crippen LogP contribution in [0.1, 0.15) is 18.0 Å². The number of hydrogen-bond acceptors (Lipinski definition) is 7. The van der Waals surface area contributed by atoms with E-state index in [1.807, 2.05) is 53.3 Å². The molecule has 29 heavy (non-hydrogen) atoms. The van der Waals surface area contributed by atoms with Crippen LogP contribution in [0.3, 0.4) is 0 Å². The monoisotopic (exact) mass is 421 g/mol. The van der Waals surface area contributed by atoms with Gasteiger partial charge in [-0.1, -0.05) is 30.0 Å². The van der Waals surface area contributed by atoms with E-state index in [1.165, 1.54) is 23.1 Å². The minimum Gasteiger partial charge on any atom is -0.464 e. The second-order valence-corrected chi connectivity index (χ2v) is 8.50.